The third-order valence-electron chi connectivity index (χ3n) is 5.64. The molecule has 25 heavy (non-hydrogen) atoms. The molecule has 0 aromatic rings. The molecule has 142 valence electrons. The predicted octanol–water partition coefficient (Wildman–Crippen LogP) is 0.679. The van der Waals surface area contributed by atoms with Crippen molar-refractivity contribution in [1.29, 1.82) is 0 Å². The molecule has 0 bridgehead atoms. The summed E-state index contributed by atoms with van der Waals surface area (Å²) in [4.78, 5) is 26.7. The van der Waals surface area contributed by atoms with Gasteiger partial charge in [0.25, 0.3) is 0 Å². The lowest BCUT2D eigenvalue weighted by Crippen LogP contribution is -2.49. The van der Waals surface area contributed by atoms with E-state index in [1.165, 1.54) is 6.92 Å². The van der Waals surface area contributed by atoms with E-state index in [0.717, 1.165) is 12.8 Å². The van der Waals surface area contributed by atoms with Crippen molar-refractivity contribution in [3.8, 4) is 0 Å². The molecule has 1 aliphatic heterocycles. The van der Waals surface area contributed by atoms with E-state index in [-0.39, 0.29) is 36.2 Å². The van der Waals surface area contributed by atoms with Crippen molar-refractivity contribution < 1.29 is 22.7 Å². The van der Waals surface area contributed by atoms with Crippen LogP contribution in [0.4, 0.5) is 4.79 Å². The van der Waals surface area contributed by atoms with Crippen LogP contribution in [-0.2, 0) is 19.6 Å². The average Bonchev–Trinajstić information content (AvgIpc) is 3.19. The number of carbonyl (C=O) groups is 2. The lowest BCUT2D eigenvalue weighted by Gasteiger charge is -2.35. The first-order valence-electron chi connectivity index (χ1n) is 8.82. The number of rotatable bonds is 6. The van der Waals surface area contributed by atoms with Crippen LogP contribution >= 0.6 is 0 Å². The van der Waals surface area contributed by atoms with Gasteiger partial charge in [0.05, 0.1) is 23.9 Å². The summed E-state index contributed by atoms with van der Waals surface area (Å²) in [5.74, 6) is -0.369. The fourth-order valence-electron chi connectivity index (χ4n) is 3.91. The molecule has 0 radical (unpaired) electrons. The van der Waals surface area contributed by atoms with Gasteiger partial charge in [-0.1, -0.05) is 0 Å². The molecule has 3 aliphatic rings. The lowest BCUT2D eigenvalue weighted by molar-refractivity contribution is -0.141. The minimum absolute atomic E-state index is 0.0176. The maximum atomic E-state index is 12.7. The maximum absolute atomic E-state index is 12.7. The lowest BCUT2D eigenvalue weighted by atomic mass is 9.90. The summed E-state index contributed by atoms with van der Waals surface area (Å²) in [5.41, 5.74) is -0.275. The smallest absolute Gasteiger partial charge is 0.320 e. The Morgan fingerprint density at radius 1 is 1.32 bits per heavy atom. The summed E-state index contributed by atoms with van der Waals surface area (Å²) in [6.07, 6.45) is 3.39. The highest BCUT2D eigenvalue weighted by Crippen LogP contribution is 2.39. The molecule has 2 aliphatic carbocycles. The Morgan fingerprint density at radius 2 is 2.00 bits per heavy atom. The zero-order chi connectivity index (χ0) is 18.4. The first-order chi connectivity index (χ1) is 11.6. The monoisotopic (exact) mass is 373 g/mol. The van der Waals surface area contributed by atoms with Gasteiger partial charge in [-0.05, 0) is 39.0 Å². The van der Waals surface area contributed by atoms with Gasteiger partial charge in [0.2, 0.25) is 10.0 Å². The van der Waals surface area contributed by atoms with Gasteiger partial charge in [0.1, 0.15) is 6.61 Å². The molecule has 3 rings (SSSR count). The largest absolute Gasteiger partial charge is 0.464 e. The van der Waals surface area contributed by atoms with Crippen LogP contribution in [0.15, 0.2) is 0 Å². The summed E-state index contributed by atoms with van der Waals surface area (Å²) < 4.78 is 33.1. The summed E-state index contributed by atoms with van der Waals surface area (Å²) in [6.45, 7) is 3.78. The van der Waals surface area contributed by atoms with Gasteiger partial charge >= 0.3 is 12.0 Å². The second kappa shape index (κ2) is 6.42. The van der Waals surface area contributed by atoms with Crippen molar-refractivity contribution in [2.75, 3.05) is 20.2 Å². The van der Waals surface area contributed by atoms with Gasteiger partial charge < -0.3 is 14.5 Å². The first-order valence-corrected chi connectivity index (χ1v) is 10.4. The van der Waals surface area contributed by atoms with Crippen LogP contribution in [0.5, 0.6) is 0 Å². The SMILES string of the molecule is CC(=O)OCCN1C(=O)N(C)C2CC(S(=O)(=O)NC3(C)CC3)CCC21. The van der Waals surface area contributed by atoms with Crippen LogP contribution in [0.25, 0.3) is 0 Å². The van der Waals surface area contributed by atoms with Gasteiger partial charge in [-0.15, -0.1) is 0 Å². The number of nitrogens with one attached hydrogen (secondary N) is 1. The van der Waals surface area contributed by atoms with Gasteiger partial charge in [0, 0.05) is 19.5 Å². The van der Waals surface area contributed by atoms with Crippen LogP contribution in [0, 0.1) is 0 Å². The summed E-state index contributed by atoms with van der Waals surface area (Å²) in [5, 5.41) is -0.463. The predicted molar refractivity (Wildman–Crippen MR) is 91.4 cm³/mol. The van der Waals surface area contributed by atoms with E-state index < -0.39 is 15.3 Å². The Balaban J connectivity index is 1.65. The number of urea groups is 1. The molecule has 1 saturated heterocycles. The van der Waals surface area contributed by atoms with Crippen LogP contribution in [0.1, 0.15) is 46.0 Å². The minimum atomic E-state index is -3.38. The fourth-order valence-corrected chi connectivity index (χ4v) is 5.86. The number of fused-ring (bicyclic) bond motifs is 1. The number of sulfonamides is 1. The summed E-state index contributed by atoms with van der Waals surface area (Å²) in [7, 11) is -1.66. The highest BCUT2D eigenvalue weighted by Gasteiger charge is 2.50. The normalized spacial score (nSPS) is 31.0. The highest BCUT2D eigenvalue weighted by atomic mass is 32.2. The molecule has 0 spiro atoms. The summed E-state index contributed by atoms with van der Waals surface area (Å²) in [6, 6.07) is -0.259. The summed E-state index contributed by atoms with van der Waals surface area (Å²) >= 11 is 0. The Kier molecular flexibility index (Phi) is 4.74. The highest BCUT2D eigenvalue weighted by molar-refractivity contribution is 7.90. The molecule has 2 amide bonds. The van der Waals surface area contributed by atoms with Crippen LogP contribution < -0.4 is 4.72 Å². The molecule has 3 unspecified atom stereocenters. The first kappa shape index (κ1) is 18.4. The van der Waals surface area contributed by atoms with Gasteiger partial charge in [-0.25, -0.2) is 17.9 Å². The Bertz CT molecular complexity index is 661. The van der Waals surface area contributed by atoms with Crippen molar-refractivity contribution in [3.05, 3.63) is 0 Å². The van der Waals surface area contributed by atoms with Gasteiger partial charge in [-0.2, -0.15) is 0 Å². The van der Waals surface area contributed by atoms with E-state index in [2.05, 4.69) is 4.72 Å². The van der Waals surface area contributed by atoms with E-state index in [0.29, 0.717) is 25.8 Å². The average molecular weight is 373 g/mol. The molecule has 1 N–H and O–H groups in total. The molecule has 1 heterocycles. The quantitative estimate of drug-likeness (QED) is 0.691. The van der Waals surface area contributed by atoms with E-state index in [9.17, 15) is 18.0 Å². The molecule has 8 nitrogen and oxygen atoms in total. The van der Waals surface area contributed by atoms with E-state index >= 15 is 0 Å². The maximum Gasteiger partial charge on any atom is 0.320 e. The Hall–Kier alpha value is -1.35. The number of esters is 1. The molecule has 9 heteroatoms. The van der Waals surface area contributed by atoms with Gasteiger partial charge in [0.15, 0.2) is 0 Å². The van der Waals surface area contributed by atoms with E-state index in [4.69, 9.17) is 4.74 Å². The molecular weight excluding hydrogens is 346 g/mol. The third-order valence-corrected chi connectivity index (χ3v) is 7.73. The van der Waals surface area contributed by atoms with Crippen molar-refractivity contribution in [2.24, 2.45) is 0 Å². The standard InChI is InChI=1S/C16H27N3O5S/c1-11(20)24-9-8-19-13-5-4-12(10-14(13)18(3)15(19)21)25(22,23)17-16(2)6-7-16/h12-14,17H,4-10H2,1-3H3. The molecule has 0 aromatic carbocycles. The number of ether oxygens (including phenoxy) is 1. The zero-order valence-corrected chi connectivity index (χ0v) is 15.8. The number of hydrogen-bond acceptors (Lipinski definition) is 5. The minimum Gasteiger partial charge on any atom is -0.464 e. The molecule has 2 saturated carbocycles. The van der Waals surface area contributed by atoms with Gasteiger partial charge in [-0.3, -0.25) is 4.79 Å². The van der Waals surface area contributed by atoms with E-state index in [1.54, 1.807) is 16.8 Å². The van der Waals surface area contributed by atoms with Crippen molar-refractivity contribution in [3.63, 3.8) is 0 Å². The molecule has 0 aromatic heterocycles. The number of nitrogens with zero attached hydrogens (tertiary/aromatic N) is 2. The number of likely N-dealkylation sites (N-methyl/N-ethyl adjacent to an activating group) is 1. The third kappa shape index (κ3) is 3.76. The van der Waals surface area contributed by atoms with Crippen LogP contribution in [0.3, 0.4) is 0 Å². The Labute approximate surface area is 148 Å². The fraction of sp³-hybridized carbons (Fsp3) is 0.875. The van der Waals surface area contributed by atoms with Crippen molar-refractivity contribution in [2.45, 2.75) is 68.8 Å². The second-order valence-electron chi connectivity index (χ2n) is 7.70. The topological polar surface area (TPSA) is 96.0 Å². The molecule has 3 fully saturated rings. The van der Waals surface area contributed by atoms with Crippen LogP contribution in [-0.4, -0.2) is 73.3 Å². The molecule has 3 atom stereocenters. The van der Waals surface area contributed by atoms with Crippen molar-refractivity contribution >= 4 is 22.0 Å². The molecular formula is C16H27N3O5S. The number of hydrogen-bond donors (Lipinski definition) is 1. The van der Waals surface area contributed by atoms with Crippen molar-refractivity contribution in [1.82, 2.24) is 14.5 Å². The number of amides is 2. The van der Waals surface area contributed by atoms with E-state index in [1.807, 2.05) is 6.92 Å². The number of carbonyl (C=O) groups excluding carboxylic acids is 2. The Morgan fingerprint density at radius 3 is 2.60 bits per heavy atom. The second-order valence-corrected chi connectivity index (χ2v) is 9.67. The van der Waals surface area contributed by atoms with Crippen LogP contribution in [0.2, 0.25) is 0 Å². The zero-order valence-electron chi connectivity index (χ0n) is 15.0.